The van der Waals surface area contributed by atoms with Crippen molar-refractivity contribution in [3.05, 3.63) is 59.7 Å². The molecule has 2 aromatic rings. The van der Waals surface area contributed by atoms with Crippen LogP contribution in [0.1, 0.15) is 31.4 Å². The maximum atomic E-state index is 12.5. The molecule has 2 amide bonds. The molecule has 1 atom stereocenters. The summed E-state index contributed by atoms with van der Waals surface area (Å²) in [6.07, 6.45) is 1.82. The monoisotopic (exact) mass is 458 g/mol. The summed E-state index contributed by atoms with van der Waals surface area (Å²) in [5.74, 6) is -0.610. The quantitative estimate of drug-likeness (QED) is 0.498. The Morgan fingerprint density at radius 3 is 2.44 bits per heavy atom. The molecule has 0 spiro atoms. The van der Waals surface area contributed by atoms with Crippen molar-refractivity contribution in [1.29, 1.82) is 0 Å². The first-order chi connectivity index (χ1) is 15.2. The van der Waals surface area contributed by atoms with Crippen molar-refractivity contribution < 1.29 is 18.0 Å². The molecule has 0 radical (unpaired) electrons. The van der Waals surface area contributed by atoms with Gasteiger partial charge in [0.05, 0.1) is 10.9 Å². The summed E-state index contributed by atoms with van der Waals surface area (Å²) in [5.41, 5.74) is 3.26. The molecule has 0 saturated heterocycles. The van der Waals surface area contributed by atoms with Gasteiger partial charge in [0.2, 0.25) is 21.8 Å². The maximum absolute atomic E-state index is 12.5. The number of nitrogens with one attached hydrogen (secondary N) is 3. The molecule has 1 aliphatic rings. The molecule has 3 rings (SSSR count). The van der Waals surface area contributed by atoms with Crippen molar-refractivity contribution in [1.82, 2.24) is 14.9 Å². The van der Waals surface area contributed by atoms with Crippen molar-refractivity contribution in [2.45, 2.75) is 44.2 Å². The van der Waals surface area contributed by atoms with Gasteiger partial charge < -0.3 is 10.6 Å². The first-order valence-corrected chi connectivity index (χ1v) is 12.2. The zero-order valence-corrected chi connectivity index (χ0v) is 19.2. The number of anilines is 1. The predicted octanol–water partition coefficient (Wildman–Crippen LogP) is 1.88. The summed E-state index contributed by atoms with van der Waals surface area (Å²) in [5, 5.41) is 5.38. The van der Waals surface area contributed by atoms with E-state index in [-0.39, 0.29) is 16.7 Å². The molecule has 0 aromatic heterocycles. The minimum absolute atomic E-state index is 0.0247. The second-order valence-electron chi connectivity index (χ2n) is 7.99. The summed E-state index contributed by atoms with van der Waals surface area (Å²) in [6, 6.07) is 13.3. The first-order valence-electron chi connectivity index (χ1n) is 10.7. The van der Waals surface area contributed by atoms with Crippen molar-refractivity contribution >= 4 is 27.5 Å². The lowest BCUT2D eigenvalue weighted by atomic mass is 10.00. The highest BCUT2D eigenvalue weighted by atomic mass is 32.2. The van der Waals surface area contributed by atoms with Gasteiger partial charge in [0.25, 0.3) is 0 Å². The Morgan fingerprint density at radius 1 is 1.06 bits per heavy atom. The third-order valence-electron chi connectivity index (χ3n) is 5.37. The molecule has 1 aliphatic heterocycles. The van der Waals surface area contributed by atoms with E-state index in [2.05, 4.69) is 44.5 Å². The van der Waals surface area contributed by atoms with Gasteiger partial charge in [-0.1, -0.05) is 24.3 Å². The summed E-state index contributed by atoms with van der Waals surface area (Å²) in [4.78, 5) is 25.8. The number of nitrogens with zero attached hydrogens (tertiary/aromatic N) is 1. The molecule has 32 heavy (non-hydrogen) atoms. The smallest absolute Gasteiger partial charge is 0.241 e. The summed E-state index contributed by atoms with van der Waals surface area (Å²) >= 11 is 0. The number of fused-ring (bicyclic) bond motifs is 1. The van der Waals surface area contributed by atoms with Gasteiger partial charge in [-0.25, -0.2) is 8.42 Å². The molecule has 2 aromatic carbocycles. The molecule has 0 aliphatic carbocycles. The van der Waals surface area contributed by atoms with Crippen molar-refractivity contribution in [2.75, 3.05) is 25.0 Å². The average molecular weight is 459 g/mol. The van der Waals surface area contributed by atoms with Crippen LogP contribution in [0, 0.1) is 0 Å². The van der Waals surface area contributed by atoms with Crippen LogP contribution in [-0.2, 0) is 32.6 Å². The summed E-state index contributed by atoms with van der Waals surface area (Å²) < 4.78 is 27.5. The Labute approximate surface area is 189 Å². The van der Waals surface area contributed by atoms with Gasteiger partial charge >= 0.3 is 0 Å². The van der Waals surface area contributed by atoms with Crippen molar-refractivity contribution in [3.8, 4) is 0 Å². The largest absolute Gasteiger partial charge is 0.355 e. The lowest BCUT2D eigenvalue weighted by molar-refractivity contribution is -0.122. The average Bonchev–Trinajstić information content (AvgIpc) is 2.76. The lowest BCUT2D eigenvalue weighted by Gasteiger charge is -2.28. The zero-order chi connectivity index (χ0) is 23.1. The van der Waals surface area contributed by atoms with Gasteiger partial charge in [-0.15, -0.1) is 0 Å². The number of carbonyl (C=O) groups excluding carboxylic acids is 2. The topological polar surface area (TPSA) is 108 Å². The molecule has 0 saturated carbocycles. The third kappa shape index (κ3) is 6.62. The molecule has 9 heteroatoms. The van der Waals surface area contributed by atoms with E-state index < -0.39 is 16.1 Å². The van der Waals surface area contributed by atoms with Crippen LogP contribution in [0.2, 0.25) is 0 Å². The first kappa shape index (κ1) is 23.9. The van der Waals surface area contributed by atoms with E-state index in [1.54, 1.807) is 0 Å². The molecule has 0 unspecified atom stereocenters. The molecular formula is C23H30N4O4S. The Kier molecular flexibility index (Phi) is 8.00. The fourth-order valence-corrected chi connectivity index (χ4v) is 4.89. The number of hydrogen-bond donors (Lipinski definition) is 3. The molecule has 0 bridgehead atoms. The van der Waals surface area contributed by atoms with Gasteiger partial charge in [-0.2, -0.15) is 4.72 Å². The van der Waals surface area contributed by atoms with E-state index >= 15 is 0 Å². The standard InChI is InChI=1S/C23H30N4O4S/c1-17(26-32(30,31)22-10-8-21(9-11-22)25-18(2)28)23(29)24-13-5-14-27-15-12-19-6-3-4-7-20(19)16-27/h3-4,6-11,17,26H,5,12-16H2,1-2H3,(H,24,29)(H,25,28)/t17-/m0/s1. The van der Waals surface area contributed by atoms with E-state index in [1.165, 1.54) is 49.2 Å². The van der Waals surface area contributed by atoms with Crippen LogP contribution in [-0.4, -0.2) is 50.8 Å². The van der Waals surface area contributed by atoms with Gasteiger partial charge in [-0.3, -0.25) is 14.5 Å². The fourth-order valence-electron chi connectivity index (χ4n) is 3.69. The molecule has 1 heterocycles. The van der Waals surface area contributed by atoms with Crippen LogP contribution in [0.25, 0.3) is 0 Å². The molecule has 8 nitrogen and oxygen atoms in total. The van der Waals surface area contributed by atoms with Gasteiger partial charge in [0.1, 0.15) is 0 Å². The Bertz CT molecular complexity index is 1050. The highest BCUT2D eigenvalue weighted by Crippen LogP contribution is 2.18. The van der Waals surface area contributed by atoms with Gasteiger partial charge in [-0.05, 0) is 55.2 Å². The van der Waals surface area contributed by atoms with Crippen LogP contribution in [0.15, 0.2) is 53.4 Å². The third-order valence-corrected chi connectivity index (χ3v) is 6.93. The molecular weight excluding hydrogens is 428 g/mol. The predicted molar refractivity (Wildman–Crippen MR) is 124 cm³/mol. The fraction of sp³-hybridized carbons (Fsp3) is 0.391. The van der Waals surface area contributed by atoms with Gasteiger partial charge in [0, 0.05) is 38.8 Å². The number of amides is 2. The summed E-state index contributed by atoms with van der Waals surface area (Å²) in [6.45, 7) is 6.16. The van der Waals surface area contributed by atoms with Crippen LogP contribution in [0.5, 0.6) is 0 Å². The highest BCUT2D eigenvalue weighted by Gasteiger charge is 2.22. The van der Waals surface area contributed by atoms with Gasteiger partial charge in [0.15, 0.2) is 0 Å². The Morgan fingerprint density at radius 2 is 1.75 bits per heavy atom. The van der Waals surface area contributed by atoms with Crippen LogP contribution < -0.4 is 15.4 Å². The van der Waals surface area contributed by atoms with Crippen molar-refractivity contribution in [2.24, 2.45) is 0 Å². The number of rotatable bonds is 9. The van der Waals surface area contributed by atoms with E-state index in [1.807, 2.05) is 0 Å². The number of hydrogen-bond acceptors (Lipinski definition) is 5. The van der Waals surface area contributed by atoms with Crippen LogP contribution >= 0.6 is 0 Å². The molecule has 172 valence electrons. The van der Waals surface area contributed by atoms with E-state index in [0.29, 0.717) is 12.2 Å². The minimum Gasteiger partial charge on any atom is -0.355 e. The van der Waals surface area contributed by atoms with E-state index in [0.717, 1.165) is 32.5 Å². The second-order valence-corrected chi connectivity index (χ2v) is 9.70. The van der Waals surface area contributed by atoms with Crippen molar-refractivity contribution in [3.63, 3.8) is 0 Å². The highest BCUT2D eigenvalue weighted by molar-refractivity contribution is 7.89. The number of sulfonamides is 1. The number of carbonyl (C=O) groups is 2. The number of benzene rings is 2. The Balaban J connectivity index is 1.42. The van der Waals surface area contributed by atoms with Crippen LogP contribution in [0.4, 0.5) is 5.69 Å². The summed E-state index contributed by atoms with van der Waals surface area (Å²) in [7, 11) is -3.86. The zero-order valence-electron chi connectivity index (χ0n) is 18.4. The van der Waals surface area contributed by atoms with E-state index in [4.69, 9.17) is 0 Å². The normalized spacial score (nSPS) is 14.9. The second kappa shape index (κ2) is 10.7. The Hall–Kier alpha value is -2.75. The molecule has 0 fully saturated rings. The molecule has 3 N–H and O–H groups in total. The lowest BCUT2D eigenvalue weighted by Crippen LogP contribution is -2.45. The van der Waals surface area contributed by atoms with E-state index in [9.17, 15) is 18.0 Å². The maximum Gasteiger partial charge on any atom is 0.241 e. The van der Waals surface area contributed by atoms with Crippen LogP contribution in [0.3, 0.4) is 0 Å². The minimum atomic E-state index is -3.86. The SMILES string of the molecule is CC(=O)Nc1ccc(S(=O)(=O)N[C@@H](C)C(=O)NCCCN2CCc3ccccc3C2)cc1.